The van der Waals surface area contributed by atoms with Crippen LogP contribution in [0.5, 0.6) is 0 Å². The minimum atomic E-state index is 0.341. The molecule has 0 fully saturated rings. The van der Waals surface area contributed by atoms with Gasteiger partial charge in [0, 0.05) is 0 Å². The molecule has 0 aromatic rings. The molecule has 0 bridgehead atoms. The van der Waals surface area contributed by atoms with Crippen molar-refractivity contribution in [2.45, 2.75) is 19.9 Å². The summed E-state index contributed by atoms with van der Waals surface area (Å²) in [6, 6.07) is 0.341. The van der Waals surface area contributed by atoms with Crippen molar-refractivity contribution in [2.24, 2.45) is 0 Å². The molecule has 1 heterocycles. The predicted molar refractivity (Wildman–Crippen MR) is 50.9 cm³/mol. The maximum atomic E-state index is 5.51. The van der Waals surface area contributed by atoms with E-state index >= 15 is 0 Å². The molecule has 2 heteroatoms. The Morgan fingerprint density at radius 1 is 1.42 bits per heavy atom. The van der Waals surface area contributed by atoms with Crippen molar-refractivity contribution in [1.29, 1.82) is 0 Å². The second kappa shape index (κ2) is 3.31. The minimum absolute atomic E-state index is 0.341. The summed E-state index contributed by atoms with van der Waals surface area (Å²) in [5.41, 5.74) is 2.38. The topological polar surface area (TPSA) is 12.5 Å². The Morgan fingerprint density at radius 3 is 2.50 bits per heavy atom. The first-order valence-corrected chi connectivity index (χ1v) is 4.20. The molecular formula is C10H17NO. The number of rotatable bonds is 1. The summed E-state index contributed by atoms with van der Waals surface area (Å²) in [6.07, 6.45) is 0. The van der Waals surface area contributed by atoms with Crippen molar-refractivity contribution >= 4 is 0 Å². The Balaban J connectivity index is 2.84. The fourth-order valence-corrected chi connectivity index (χ4v) is 1.35. The summed E-state index contributed by atoms with van der Waals surface area (Å²) >= 11 is 0. The molecule has 0 aliphatic carbocycles. The number of nitrogens with zero attached hydrogens (tertiary/aromatic N) is 1. The van der Waals surface area contributed by atoms with Gasteiger partial charge >= 0.3 is 0 Å². The molecule has 0 aromatic carbocycles. The zero-order chi connectivity index (χ0) is 9.30. The first-order chi connectivity index (χ1) is 5.54. The van der Waals surface area contributed by atoms with Gasteiger partial charge in [0.15, 0.2) is 0 Å². The molecule has 0 saturated carbocycles. The smallest absolute Gasteiger partial charge is 0.107 e. The number of likely N-dealkylation sites (N-methyl/N-ethyl adjacent to an activating group) is 1. The minimum Gasteiger partial charge on any atom is -0.496 e. The summed E-state index contributed by atoms with van der Waals surface area (Å²) in [6.45, 7) is 8.86. The molecule has 12 heavy (non-hydrogen) atoms. The lowest BCUT2D eigenvalue weighted by Crippen LogP contribution is -2.36. The highest BCUT2D eigenvalue weighted by atomic mass is 16.5. The first-order valence-electron chi connectivity index (χ1n) is 4.20. The van der Waals surface area contributed by atoms with E-state index in [0.717, 1.165) is 12.4 Å². The second-order valence-electron chi connectivity index (χ2n) is 3.50. The standard InChI is InChI=1S/C10H17NO/c1-7-8(2)10(11(4)5)6-12-9(7)3/h10H,2,6H2,1,3-5H3. The van der Waals surface area contributed by atoms with Gasteiger partial charge in [0.1, 0.15) is 6.61 Å². The van der Waals surface area contributed by atoms with Gasteiger partial charge in [-0.3, -0.25) is 4.90 Å². The molecule has 1 aliphatic heterocycles. The van der Waals surface area contributed by atoms with Gasteiger partial charge in [-0.15, -0.1) is 0 Å². The van der Waals surface area contributed by atoms with Gasteiger partial charge in [-0.2, -0.15) is 0 Å². The maximum absolute atomic E-state index is 5.51. The molecule has 0 saturated heterocycles. The summed E-state index contributed by atoms with van der Waals surface area (Å²) in [5.74, 6) is 1.01. The maximum Gasteiger partial charge on any atom is 0.107 e. The van der Waals surface area contributed by atoms with E-state index in [0.29, 0.717) is 6.04 Å². The number of hydrogen-bond acceptors (Lipinski definition) is 2. The Morgan fingerprint density at radius 2 is 2.00 bits per heavy atom. The van der Waals surface area contributed by atoms with Gasteiger partial charge in [0.2, 0.25) is 0 Å². The molecule has 1 rings (SSSR count). The normalized spacial score (nSPS) is 24.8. The summed E-state index contributed by atoms with van der Waals surface area (Å²) in [7, 11) is 4.10. The van der Waals surface area contributed by atoms with Crippen LogP contribution in [0, 0.1) is 0 Å². The molecule has 1 aliphatic rings. The summed E-state index contributed by atoms with van der Waals surface area (Å²) in [5, 5.41) is 0. The van der Waals surface area contributed by atoms with E-state index in [4.69, 9.17) is 4.74 Å². The quantitative estimate of drug-likeness (QED) is 0.590. The zero-order valence-corrected chi connectivity index (χ0v) is 8.35. The van der Waals surface area contributed by atoms with Crippen LogP contribution >= 0.6 is 0 Å². The molecule has 1 unspecified atom stereocenters. The highest BCUT2D eigenvalue weighted by Crippen LogP contribution is 2.24. The van der Waals surface area contributed by atoms with Crippen molar-refractivity contribution in [1.82, 2.24) is 4.90 Å². The van der Waals surface area contributed by atoms with E-state index in [-0.39, 0.29) is 0 Å². The molecule has 0 N–H and O–H groups in total. The highest BCUT2D eigenvalue weighted by molar-refractivity contribution is 5.35. The summed E-state index contributed by atoms with van der Waals surface area (Å²) in [4.78, 5) is 2.14. The van der Waals surface area contributed by atoms with Crippen LogP contribution in [0.15, 0.2) is 23.5 Å². The molecule has 0 spiro atoms. The van der Waals surface area contributed by atoms with Crippen LogP contribution < -0.4 is 0 Å². The summed E-state index contributed by atoms with van der Waals surface area (Å²) < 4.78 is 5.51. The average Bonchev–Trinajstić information content (AvgIpc) is 2.00. The van der Waals surface area contributed by atoms with E-state index in [2.05, 4.69) is 18.4 Å². The van der Waals surface area contributed by atoms with Crippen LogP contribution in [-0.4, -0.2) is 31.6 Å². The third-order valence-corrected chi connectivity index (χ3v) is 2.49. The van der Waals surface area contributed by atoms with Crippen LogP contribution in [0.2, 0.25) is 0 Å². The molecule has 1 atom stereocenters. The van der Waals surface area contributed by atoms with E-state index < -0.39 is 0 Å². The molecule has 0 amide bonds. The van der Waals surface area contributed by atoms with E-state index in [1.165, 1.54) is 11.1 Å². The van der Waals surface area contributed by atoms with E-state index in [9.17, 15) is 0 Å². The Hall–Kier alpha value is -0.760. The lowest BCUT2D eigenvalue weighted by Gasteiger charge is -2.31. The van der Waals surface area contributed by atoms with Crippen LogP contribution in [0.4, 0.5) is 0 Å². The predicted octanol–water partition coefficient (Wildman–Crippen LogP) is 1.80. The first kappa shape index (κ1) is 9.33. The third kappa shape index (κ3) is 1.53. The van der Waals surface area contributed by atoms with Gasteiger partial charge in [0.25, 0.3) is 0 Å². The van der Waals surface area contributed by atoms with Crippen molar-refractivity contribution in [3.63, 3.8) is 0 Å². The third-order valence-electron chi connectivity index (χ3n) is 2.49. The van der Waals surface area contributed by atoms with E-state index in [1.807, 2.05) is 21.0 Å². The Bertz CT molecular complexity index is 228. The largest absolute Gasteiger partial charge is 0.496 e. The van der Waals surface area contributed by atoms with Crippen LogP contribution in [0.25, 0.3) is 0 Å². The highest BCUT2D eigenvalue weighted by Gasteiger charge is 2.22. The lowest BCUT2D eigenvalue weighted by atomic mass is 9.98. The fourth-order valence-electron chi connectivity index (χ4n) is 1.35. The van der Waals surface area contributed by atoms with Gasteiger partial charge in [-0.1, -0.05) is 6.58 Å². The molecule has 68 valence electrons. The molecule has 0 radical (unpaired) electrons. The number of allylic oxidation sites excluding steroid dienone is 1. The monoisotopic (exact) mass is 167 g/mol. The van der Waals surface area contributed by atoms with Gasteiger partial charge in [-0.25, -0.2) is 0 Å². The van der Waals surface area contributed by atoms with E-state index in [1.54, 1.807) is 0 Å². The number of ether oxygens (including phenoxy) is 1. The van der Waals surface area contributed by atoms with Crippen molar-refractivity contribution in [2.75, 3.05) is 20.7 Å². The van der Waals surface area contributed by atoms with Gasteiger partial charge < -0.3 is 4.74 Å². The van der Waals surface area contributed by atoms with Crippen molar-refractivity contribution in [3.8, 4) is 0 Å². The number of hydrogen-bond donors (Lipinski definition) is 0. The molecule has 0 aromatic heterocycles. The van der Waals surface area contributed by atoms with Crippen LogP contribution in [0.3, 0.4) is 0 Å². The molecule has 2 nitrogen and oxygen atoms in total. The van der Waals surface area contributed by atoms with Gasteiger partial charge in [-0.05, 0) is 39.1 Å². The molecular weight excluding hydrogens is 150 g/mol. The van der Waals surface area contributed by atoms with Crippen molar-refractivity contribution in [3.05, 3.63) is 23.5 Å². The Kier molecular flexibility index (Phi) is 2.58. The second-order valence-corrected chi connectivity index (χ2v) is 3.50. The van der Waals surface area contributed by atoms with Gasteiger partial charge in [0.05, 0.1) is 11.8 Å². The van der Waals surface area contributed by atoms with Crippen LogP contribution in [0.1, 0.15) is 13.8 Å². The SMILES string of the molecule is C=C1C(C)=C(C)OCC1N(C)C. The van der Waals surface area contributed by atoms with Crippen LogP contribution in [-0.2, 0) is 4.74 Å². The fraction of sp³-hybridized carbons (Fsp3) is 0.600. The lowest BCUT2D eigenvalue weighted by molar-refractivity contribution is 0.134. The zero-order valence-electron chi connectivity index (χ0n) is 8.35. The Labute approximate surface area is 74.5 Å². The average molecular weight is 167 g/mol. The van der Waals surface area contributed by atoms with Crippen molar-refractivity contribution < 1.29 is 4.74 Å².